The van der Waals surface area contributed by atoms with Crippen LogP contribution in [0.15, 0.2) is 51.6 Å². The summed E-state index contributed by atoms with van der Waals surface area (Å²) in [7, 11) is 1.95. The average Bonchev–Trinajstić information content (AvgIpc) is 2.82. The first-order valence-corrected chi connectivity index (χ1v) is 6.04. The predicted octanol–water partition coefficient (Wildman–Crippen LogP) is 3.55. The summed E-state index contributed by atoms with van der Waals surface area (Å²) in [6.45, 7) is 0. The summed E-state index contributed by atoms with van der Waals surface area (Å²) < 4.78 is 6.52. The van der Waals surface area contributed by atoms with Gasteiger partial charge in [-0.05, 0) is 43.3 Å². The van der Waals surface area contributed by atoms with Gasteiger partial charge in [-0.3, -0.25) is 0 Å². The molecule has 2 nitrogen and oxygen atoms in total. The molecule has 0 radical (unpaired) electrons. The number of benzene rings is 1. The van der Waals surface area contributed by atoms with E-state index in [4.69, 9.17) is 4.42 Å². The Morgan fingerprint density at radius 3 is 2.56 bits per heavy atom. The van der Waals surface area contributed by atoms with Gasteiger partial charge in [-0.2, -0.15) is 0 Å². The van der Waals surface area contributed by atoms with E-state index >= 15 is 0 Å². The minimum Gasteiger partial charge on any atom is -0.468 e. The lowest BCUT2D eigenvalue weighted by molar-refractivity contribution is 0.429. The van der Waals surface area contributed by atoms with Gasteiger partial charge in [-0.25, -0.2) is 0 Å². The molecule has 1 aromatic heterocycles. The molecule has 1 aromatic carbocycles. The third kappa shape index (κ3) is 2.74. The van der Waals surface area contributed by atoms with E-state index in [0.717, 1.165) is 16.7 Å². The summed E-state index contributed by atoms with van der Waals surface area (Å²) in [4.78, 5) is 0. The Labute approximate surface area is 104 Å². The highest BCUT2D eigenvalue weighted by molar-refractivity contribution is 9.10. The molecule has 16 heavy (non-hydrogen) atoms. The fourth-order valence-electron chi connectivity index (χ4n) is 1.69. The molecular formula is C13H14BrNO. The number of halogens is 1. The molecule has 0 aliphatic carbocycles. The maximum absolute atomic E-state index is 5.41. The van der Waals surface area contributed by atoms with Crippen LogP contribution in [0.4, 0.5) is 0 Å². The molecule has 3 heteroatoms. The Hall–Kier alpha value is -1.06. The number of nitrogens with one attached hydrogen (secondary N) is 1. The van der Waals surface area contributed by atoms with Crippen LogP contribution in [0.3, 0.4) is 0 Å². The van der Waals surface area contributed by atoms with Gasteiger partial charge in [0, 0.05) is 4.47 Å². The normalized spacial score (nSPS) is 12.6. The van der Waals surface area contributed by atoms with Gasteiger partial charge in [0.25, 0.3) is 0 Å². The zero-order chi connectivity index (χ0) is 11.4. The maximum atomic E-state index is 5.41. The van der Waals surface area contributed by atoms with Crippen molar-refractivity contribution in [1.29, 1.82) is 0 Å². The van der Waals surface area contributed by atoms with Crippen molar-refractivity contribution in [1.82, 2.24) is 5.32 Å². The zero-order valence-corrected chi connectivity index (χ0v) is 10.7. The summed E-state index contributed by atoms with van der Waals surface area (Å²) in [5.41, 5.74) is 1.29. The van der Waals surface area contributed by atoms with Crippen molar-refractivity contribution in [2.24, 2.45) is 0 Å². The lowest BCUT2D eigenvalue weighted by Gasteiger charge is -2.13. The zero-order valence-electron chi connectivity index (χ0n) is 9.11. The first-order valence-electron chi connectivity index (χ1n) is 5.24. The van der Waals surface area contributed by atoms with Crippen LogP contribution in [0.1, 0.15) is 17.4 Å². The molecule has 0 spiro atoms. The van der Waals surface area contributed by atoms with Crippen molar-refractivity contribution in [3.8, 4) is 0 Å². The molecule has 0 bridgehead atoms. The van der Waals surface area contributed by atoms with Crippen molar-refractivity contribution in [2.45, 2.75) is 12.5 Å². The van der Waals surface area contributed by atoms with Crippen LogP contribution in [-0.4, -0.2) is 7.05 Å². The SMILES string of the molecule is CNC(Cc1ccc(Br)cc1)c1ccco1. The fraction of sp³-hybridized carbons (Fsp3) is 0.231. The molecule has 1 atom stereocenters. The molecule has 1 heterocycles. The summed E-state index contributed by atoms with van der Waals surface area (Å²) in [6, 6.07) is 12.5. The minimum atomic E-state index is 0.233. The summed E-state index contributed by atoms with van der Waals surface area (Å²) in [5, 5.41) is 3.26. The number of furan rings is 1. The summed E-state index contributed by atoms with van der Waals surface area (Å²) >= 11 is 3.43. The van der Waals surface area contributed by atoms with Crippen molar-refractivity contribution in [3.63, 3.8) is 0 Å². The molecule has 84 valence electrons. The second-order valence-corrected chi connectivity index (χ2v) is 4.60. The standard InChI is InChI=1S/C13H14BrNO/c1-15-12(13-3-2-8-16-13)9-10-4-6-11(14)7-5-10/h2-8,12,15H,9H2,1H3. The van der Waals surface area contributed by atoms with Gasteiger partial charge in [-0.15, -0.1) is 0 Å². The Morgan fingerprint density at radius 2 is 2.00 bits per heavy atom. The monoisotopic (exact) mass is 279 g/mol. The third-order valence-corrected chi connectivity index (χ3v) is 3.12. The van der Waals surface area contributed by atoms with Crippen LogP contribution in [0.2, 0.25) is 0 Å². The molecule has 2 aromatic rings. The first kappa shape index (κ1) is 11.4. The van der Waals surface area contributed by atoms with Crippen LogP contribution in [0.25, 0.3) is 0 Å². The minimum absolute atomic E-state index is 0.233. The number of likely N-dealkylation sites (N-methyl/N-ethyl adjacent to an activating group) is 1. The van der Waals surface area contributed by atoms with E-state index in [9.17, 15) is 0 Å². The lowest BCUT2D eigenvalue weighted by atomic mass is 10.0. The molecule has 1 N–H and O–H groups in total. The van der Waals surface area contributed by atoms with Gasteiger partial charge in [0.2, 0.25) is 0 Å². The van der Waals surface area contributed by atoms with Crippen LogP contribution in [0, 0.1) is 0 Å². The van der Waals surface area contributed by atoms with Crippen molar-refractivity contribution in [2.75, 3.05) is 7.05 Å². The highest BCUT2D eigenvalue weighted by atomic mass is 79.9. The number of hydrogen-bond acceptors (Lipinski definition) is 2. The Kier molecular flexibility index (Phi) is 3.80. The van der Waals surface area contributed by atoms with E-state index in [1.807, 2.05) is 19.2 Å². The van der Waals surface area contributed by atoms with E-state index in [1.54, 1.807) is 6.26 Å². The van der Waals surface area contributed by atoms with Gasteiger partial charge in [-0.1, -0.05) is 28.1 Å². The summed E-state index contributed by atoms with van der Waals surface area (Å²) in [6.07, 6.45) is 2.64. The molecule has 2 rings (SSSR count). The van der Waals surface area contributed by atoms with Crippen LogP contribution < -0.4 is 5.32 Å². The van der Waals surface area contributed by atoms with Gasteiger partial charge < -0.3 is 9.73 Å². The molecule has 0 amide bonds. The second kappa shape index (κ2) is 5.32. The molecular weight excluding hydrogens is 266 g/mol. The van der Waals surface area contributed by atoms with E-state index in [0.29, 0.717) is 0 Å². The average molecular weight is 280 g/mol. The van der Waals surface area contributed by atoms with Crippen LogP contribution in [-0.2, 0) is 6.42 Å². The van der Waals surface area contributed by atoms with E-state index in [1.165, 1.54) is 5.56 Å². The first-order chi connectivity index (χ1) is 7.79. The van der Waals surface area contributed by atoms with Crippen LogP contribution >= 0.6 is 15.9 Å². The molecule has 0 aliphatic rings. The van der Waals surface area contributed by atoms with E-state index in [-0.39, 0.29) is 6.04 Å². The second-order valence-electron chi connectivity index (χ2n) is 3.69. The predicted molar refractivity (Wildman–Crippen MR) is 68.4 cm³/mol. The Morgan fingerprint density at radius 1 is 1.25 bits per heavy atom. The topological polar surface area (TPSA) is 25.2 Å². The third-order valence-electron chi connectivity index (χ3n) is 2.59. The largest absolute Gasteiger partial charge is 0.468 e. The molecule has 0 saturated carbocycles. The molecule has 0 saturated heterocycles. The smallest absolute Gasteiger partial charge is 0.121 e. The fourth-order valence-corrected chi connectivity index (χ4v) is 1.95. The van der Waals surface area contributed by atoms with E-state index in [2.05, 4.69) is 45.5 Å². The van der Waals surface area contributed by atoms with Crippen LogP contribution in [0.5, 0.6) is 0 Å². The van der Waals surface area contributed by atoms with E-state index < -0.39 is 0 Å². The number of hydrogen-bond donors (Lipinski definition) is 1. The van der Waals surface area contributed by atoms with Gasteiger partial charge >= 0.3 is 0 Å². The molecule has 1 unspecified atom stereocenters. The lowest BCUT2D eigenvalue weighted by Crippen LogP contribution is -2.18. The highest BCUT2D eigenvalue weighted by Gasteiger charge is 2.12. The highest BCUT2D eigenvalue weighted by Crippen LogP contribution is 2.19. The Balaban J connectivity index is 2.10. The quantitative estimate of drug-likeness (QED) is 0.926. The van der Waals surface area contributed by atoms with Crippen molar-refractivity contribution in [3.05, 3.63) is 58.5 Å². The maximum Gasteiger partial charge on any atom is 0.121 e. The molecule has 0 fully saturated rings. The van der Waals surface area contributed by atoms with Gasteiger partial charge in [0.05, 0.1) is 12.3 Å². The van der Waals surface area contributed by atoms with Gasteiger partial charge in [0.15, 0.2) is 0 Å². The summed E-state index contributed by atoms with van der Waals surface area (Å²) in [5.74, 6) is 0.977. The Bertz CT molecular complexity index is 422. The number of rotatable bonds is 4. The van der Waals surface area contributed by atoms with Crippen molar-refractivity contribution >= 4 is 15.9 Å². The molecule has 0 aliphatic heterocycles. The van der Waals surface area contributed by atoms with Gasteiger partial charge in [0.1, 0.15) is 5.76 Å². The van der Waals surface area contributed by atoms with Crippen molar-refractivity contribution < 1.29 is 4.42 Å².